The Balaban J connectivity index is 1.75. The van der Waals surface area contributed by atoms with E-state index in [0.717, 1.165) is 37.5 Å². The zero-order valence-electron chi connectivity index (χ0n) is 12.3. The van der Waals surface area contributed by atoms with Crippen LogP contribution in [-0.4, -0.2) is 25.8 Å². The maximum atomic E-state index is 12.1. The molecule has 1 atom stereocenters. The number of hydrogen-bond donors (Lipinski definition) is 1. The molecular formula is C14H19N5O2. The molecule has 21 heavy (non-hydrogen) atoms. The molecule has 0 spiro atoms. The van der Waals surface area contributed by atoms with E-state index >= 15 is 0 Å². The molecule has 2 aromatic heterocycles. The minimum atomic E-state index is -0.259. The minimum absolute atomic E-state index is 0.214. The van der Waals surface area contributed by atoms with E-state index < -0.39 is 0 Å². The zero-order chi connectivity index (χ0) is 14.8. The van der Waals surface area contributed by atoms with Crippen molar-refractivity contribution in [1.29, 1.82) is 0 Å². The highest BCUT2D eigenvalue weighted by Gasteiger charge is 2.22. The van der Waals surface area contributed by atoms with E-state index in [1.807, 2.05) is 6.92 Å². The number of aryl methyl sites for hydroxylation is 2. The molecule has 3 heterocycles. The molecule has 1 amide bonds. The van der Waals surface area contributed by atoms with Crippen LogP contribution in [0.5, 0.6) is 0 Å². The third-order valence-electron chi connectivity index (χ3n) is 3.73. The summed E-state index contributed by atoms with van der Waals surface area (Å²) in [6, 6.07) is 1.40. The molecule has 0 radical (unpaired) electrons. The van der Waals surface area contributed by atoms with Crippen molar-refractivity contribution in [2.24, 2.45) is 0 Å². The van der Waals surface area contributed by atoms with Gasteiger partial charge in [0.15, 0.2) is 11.5 Å². The first kappa shape index (κ1) is 13.8. The molecule has 0 bridgehead atoms. The summed E-state index contributed by atoms with van der Waals surface area (Å²) in [5, 5.41) is 15.1. The molecule has 0 saturated heterocycles. The molecule has 3 rings (SSSR count). The first-order valence-corrected chi connectivity index (χ1v) is 7.31. The number of nitrogens with zero attached hydrogens (tertiary/aromatic N) is 4. The van der Waals surface area contributed by atoms with E-state index in [-0.39, 0.29) is 17.6 Å². The summed E-state index contributed by atoms with van der Waals surface area (Å²) in [5.41, 5.74) is 0.287. The fourth-order valence-corrected chi connectivity index (χ4v) is 2.64. The molecule has 1 aliphatic heterocycles. The van der Waals surface area contributed by atoms with Gasteiger partial charge in [0.2, 0.25) is 0 Å². The standard InChI is InChI=1S/C14H19N5O2/c1-9-8-11(18-21-9)14(20)15-10(2)13-17-16-12-6-4-3-5-7-19(12)13/h8,10H,3-7H2,1-2H3,(H,15,20)/t10-/m0/s1. The fraction of sp³-hybridized carbons (Fsp3) is 0.571. The highest BCUT2D eigenvalue weighted by atomic mass is 16.5. The first-order chi connectivity index (χ1) is 10.1. The summed E-state index contributed by atoms with van der Waals surface area (Å²) in [6.45, 7) is 4.58. The summed E-state index contributed by atoms with van der Waals surface area (Å²) in [7, 11) is 0. The number of rotatable bonds is 3. The quantitative estimate of drug-likeness (QED) is 0.931. The summed E-state index contributed by atoms with van der Waals surface area (Å²) in [5.74, 6) is 2.18. The lowest BCUT2D eigenvalue weighted by molar-refractivity contribution is 0.0928. The van der Waals surface area contributed by atoms with Crippen molar-refractivity contribution < 1.29 is 9.32 Å². The Morgan fingerprint density at radius 1 is 1.38 bits per heavy atom. The van der Waals surface area contributed by atoms with Crippen LogP contribution in [0.1, 0.15) is 60.1 Å². The molecular weight excluding hydrogens is 270 g/mol. The lowest BCUT2D eigenvalue weighted by atomic mass is 10.2. The molecule has 0 unspecified atom stereocenters. The van der Waals surface area contributed by atoms with Crippen molar-refractivity contribution in [2.75, 3.05) is 0 Å². The minimum Gasteiger partial charge on any atom is -0.361 e. The molecule has 7 heteroatoms. The van der Waals surface area contributed by atoms with Gasteiger partial charge in [-0.2, -0.15) is 0 Å². The Labute approximate surface area is 122 Å². The monoisotopic (exact) mass is 289 g/mol. The lowest BCUT2D eigenvalue weighted by Gasteiger charge is -2.14. The average molecular weight is 289 g/mol. The van der Waals surface area contributed by atoms with E-state index in [2.05, 4.69) is 25.2 Å². The van der Waals surface area contributed by atoms with E-state index in [9.17, 15) is 4.79 Å². The smallest absolute Gasteiger partial charge is 0.274 e. The normalized spacial score (nSPS) is 16.1. The number of nitrogens with one attached hydrogen (secondary N) is 1. The van der Waals surface area contributed by atoms with E-state index in [0.29, 0.717) is 5.76 Å². The van der Waals surface area contributed by atoms with Gasteiger partial charge < -0.3 is 14.4 Å². The van der Waals surface area contributed by atoms with Gasteiger partial charge in [-0.05, 0) is 26.7 Å². The lowest BCUT2D eigenvalue weighted by Crippen LogP contribution is -2.29. The molecule has 0 aliphatic carbocycles. The third-order valence-corrected chi connectivity index (χ3v) is 3.73. The number of carbonyl (C=O) groups excluding carboxylic acids is 1. The molecule has 1 N–H and O–H groups in total. The van der Waals surface area contributed by atoms with Gasteiger partial charge in [-0.15, -0.1) is 10.2 Å². The molecule has 112 valence electrons. The summed E-state index contributed by atoms with van der Waals surface area (Å²) in [6.07, 6.45) is 4.44. The second-order valence-corrected chi connectivity index (χ2v) is 5.45. The second kappa shape index (κ2) is 5.67. The van der Waals surface area contributed by atoms with Crippen LogP contribution in [0.4, 0.5) is 0 Å². The van der Waals surface area contributed by atoms with Crippen LogP contribution < -0.4 is 5.32 Å². The van der Waals surface area contributed by atoms with Gasteiger partial charge in [-0.1, -0.05) is 11.6 Å². The van der Waals surface area contributed by atoms with Crippen molar-refractivity contribution in [3.05, 3.63) is 29.2 Å². The molecule has 0 fully saturated rings. The van der Waals surface area contributed by atoms with Crippen molar-refractivity contribution in [3.63, 3.8) is 0 Å². The summed E-state index contributed by atoms with van der Waals surface area (Å²) >= 11 is 0. The average Bonchev–Trinajstić information content (AvgIpc) is 2.99. The Hall–Kier alpha value is -2.18. The maximum absolute atomic E-state index is 12.1. The molecule has 2 aromatic rings. The highest BCUT2D eigenvalue weighted by molar-refractivity contribution is 5.92. The molecule has 0 saturated carbocycles. The fourth-order valence-electron chi connectivity index (χ4n) is 2.64. The van der Waals surface area contributed by atoms with Crippen molar-refractivity contribution in [1.82, 2.24) is 25.2 Å². The topological polar surface area (TPSA) is 85.8 Å². The van der Waals surface area contributed by atoms with Gasteiger partial charge in [0.1, 0.15) is 11.6 Å². The Bertz CT molecular complexity index is 646. The second-order valence-electron chi connectivity index (χ2n) is 5.45. The molecule has 0 aromatic carbocycles. The van der Waals surface area contributed by atoms with Crippen LogP contribution in [0.25, 0.3) is 0 Å². The van der Waals surface area contributed by atoms with Crippen LogP contribution in [0.2, 0.25) is 0 Å². The Kier molecular flexibility index (Phi) is 3.72. The van der Waals surface area contributed by atoms with Gasteiger partial charge in [-0.3, -0.25) is 4.79 Å². The number of hydrogen-bond acceptors (Lipinski definition) is 5. The van der Waals surface area contributed by atoms with Crippen molar-refractivity contribution in [2.45, 2.75) is 52.1 Å². The Morgan fingerprint density at radius 2 is 2.24 bits per heavy atom. The number of carbonyl (C=O) groups is 1. The number of amides is 1. The predicted molar refractivity (Wildman–Crippen MR) is 74.7 cm³/mol. The van der Waals surface area contributed by atoms with E-state index in [1.54, 1.807) is 13.0 Å². The summed E-state index contributed by atoms with van der Waals surface area (Å²) in [4.78, 5) is 12.1. The number of aromatic nitrogens is 4. The molecule has 7 nitrogen and oxygen atoms in total. The van der Waals surface area contributed by atoms with Gasteiger partial charge in [0.25, 0.3) is 5.91 Å². The number of fused-ring (bicyclic) bond motifs is 1. The van der Waals surface area contributed by atoms with Crippen molar-refractivity contribution >= 4 is 5.91 Å². The van der Waals surface area contributed by atoms with Crippen LogP contribution in [0, 0.1) is 6.92 Å². The third kappa shape index (κ3) is 2.81. The zero-order valence-corrected chi connectivity index (χ0v) is 12.3. The van der Waals surface area contributed by atoms with Gasteiger partial charge in [-0.25, -0.2) is 0 Å². The van der Waals surface area contributed by atoms with Gasteiger partial charge in [0.05, 0.1) is 6.04 Å². The summed E-state index contributed by atoms with van der Waals surface area (Å²) < 4.78 is 7.05. The van der Waals surface area contributed by atoms with E-state index in [1.165, 1.54) is 6.42 Å². The van der Waals surface area contributed by atoms with Crippen LogP contribution >= 0.6 is 0 Å². The molecule has 1 aliphatic rings. The van der Waals surface area contributed by atoms with Gasteiger partial charge in [0, 0.05) is 19.0 Å². The SMILES string of the molecule is Cc1cc(C(=O)N[C@@H](C)c2nnc3n2CCCCC3)no1. The van der Waals surface area contributed by atoms with E-state index in [4.69, 9.17) is 4.52 Å². The van der Waals surface area contributed by atoms with Crippen LogP contribution in [-0.2, 0) is 13.0 Å². The largest absolute Gasteiger partial charge is 0.361 e. The first-order valence-electron chi connectivity index (χ1n) is 7.31. The van der Waals surface area contributed by atoms with Crippen molar-refractivity contribution in [3.8, 4) is 0 Å². The Morgan fingerprint density at radius 3 is 3.00 bits per heavy atom. The van der Waals surface area contributed by atoms with Crippen LogP contribution in [0.3, 0.4) is 0 Å². The highest BCUT2D eigenvalue weighted by Crippen LogP contribution is 2.18. The van der Waals surface area contributed by atoms with Crippen LogP contribution in [0.15, 0.2) is 10.6 Å². The maximum Gasteiger partial charge on any atom is 0.274 e. The van der Waals surface area contributed by atoms with Gasteiger partial charge >= 0.3 is 0 Å². The predicted octanol–water partition coefficient (Wildman–Crippen LogP) is 1.79.